The van der Waals surface area contributed by atoms with E-state index >= 15 is 0 Å². The smallest absolute Gasteiger partial charge is 0.191 e. The monoisotopic (exact) mass is 430 g/mol. The summed E-state index contributed by atoms with van der Waals surface area (Å²) in [4.78, 5) is 6.78. The number of aliphatic imine (C=N–C) groups is 1. The first-order valence-corrected chi connectivity index (χ1v) is 8.42. The third-order valence-electron chi connectivity index (χ3n) is 3.99. The number of rotatable bonds is 6. The molecule has 2 N–H and O–H groups in total. The fourth-order valence-electron chi connectivity index (χ4n) is 2.67. The number of halogens is 1. The molecule has 1 saturated heterocycles. The molecule has 1 aromatic carbocycles. The minimum Gasteiger partial charge on any atom is -0.356 e. The van der Waals surface area contributed by atoms with Gasteiger partial charge in [-0.2, -0.15) is 0 Å². The number of nitrogens with zero attached hydrogens (tertiary/aromatic N) is 2. The number of benzene rings is 1. The van der Waals surface area contributed by atoms with Gasteiger partial charge in [-0.3, -0.25) is 9.89 Å². The number of likely N-dealkylation sites (tertiary alicyclic amines) is 1. The summed E-state index contributed by atoms with van der Waals surface area (Å²) in [6.45, 7) is 9.72. The molecule has 0 aromatic heterocycles. The Morgan fingerprint density at radius 3 is 2.26 bits per heavy atom. The standard InChI is InChI=1S/C18H30N4.HI/c1-15(2)12-20-18(19-3)21-13-16-6-8-17(9-7-16)14-22-10-4-5-11-22;/h6-9,15H,4-5,10-14H2,1-3H3,(H2,19,20,21);1H. The van der Waals surface area contributed by atoms with Crippen LogP contribution in [0.3, 0.4) is 0 Å². The van der Waals surface area contributed by atoms with Crippen molar-refractivity contribution in [1.82, 2.24) is 15.5 Å². The van der Waals surface area contributed by atoms with Crippen molar-refractivity contribution in [2.24, 2.45) is 10.9 Å². The van der Waals surface area contributed by atoms with Crippen LogP contribution < -0.4 is 10.6 Å². The predicted octanol–water partition coefficient (Wildman–Crippen LogP) is 3.22. The number of hydrogen-bond donors (Lipinski definition) is 2. The average Bonchev–Trinajstić information content (AvgIpc) is 3.02. The van der Waals surface area contributed by atoms with Gasteiger partial charge in [0.1, 0.15) is 0 Å². The normalized spacial score (nSPS) is 15.6. The molecule has 0 bridgehead atoms. The zero-order valence-corrected chi connectivity index (χ0v) is 17.0. The minimum atomic E-state index is 0. The zero-order valence-electron chi connectivity index (χ0n) is 14.6. The van der Waals surface area contributed by atoms with Crippen molar-refractivity contribution in [3.8, 4) is 0 Å². The van der Waals surface area contributed by atoms with E-state index in [0.29, 0.717) is 5.92 Å². The van der Waals surface area contributed by atoms with Gasteiger partial charge in [-0.05, 0) is 43.0 Å². The Hall–Kier alpha value is -0.820. The highest BCUT2D eigenvalue weighted by Gasteiger charge is 2.11. The van der Waals surface area contributed by atoms with Crippen molar-refractivity contribution in [1.29, 1.82) is 0 Å². The maximum Gasteiger partial charge on any atom is 0.191 e. The molecule has 0 radical (unpaired) electrons. The lowest BCUT2D eigenvalue weighted by molar-refractivity contribution is 0.331. The van der Waals surface area contributed by atoms with Crippen LogP contribution in [0.5, 0.6) is 0 Å². The van der Waals surface area contributed by atoms with Crippen molar-refractivity contribution in [2.75, 3.05) is 26.7 Å². The van der Waals surface area contributed by atoms with Gasteiger partial charge < -0.3 is 10.6 Å². The molecule has 0 spiro atoms. The maximum absolute atomic E-state index is 4.25. The van der Waals surface area contributed by atoms with E-state index in [9.17, 15) is 0 Å². The molecule has 0 aliphatic carbocycles. The van der Waals surface area contributed by atoms with Gasteiger partial charge in [0.25, 0.3) is 0 Å². The SMILES string of the molecule is CN=C(NCc1ccc(CN2CCCC2)cc1)NCC(C)C.I. The summed E-state index contributed by atoms with van der Waals surface area (Å²) in [6.07, 6.45) is 2.70. The summed E-state index contributed by atoms with van der Waals surface area (Å²) >= 11 is 0. The van der Waals surface area contributed by atoms with Gasteiger partial charge in [0.05, 0.1) is 0 Å². The molecular formula is C18H31IN4. The Bertz CT molecular complexity index is 464. The third-order valence-corrected chi connectivity index (χ3v) is 3.99. The second-order valence-electron chi connectivity index (χ2n) is 6.50. The first-order chi connectivity index (χ1) is 10.7. The molecule has 130 valence electrons. The van der Waals surface area contributed by atoms with Crippen molar-refractivity contribution >= 4 is 29.9 Å². The molecule has 1 aliphatic rings. The van der Waals surface area contributed by atoms with E-state index < -0.39 is 0 Å². The van der Waals surface area contributed by atoms with Crippen LogP contribution in [-0.4, -0.2) is 37.5 Å². The van der Waals surface area contributed by atoms with Gasteiger partial charge in [-0.15, -0.1) is 24.0 Å². The van der Waals surface area contributed by atoms with Crippen LogP contribution in [0.1, 0.15) is 37.8 Å². The molecule has 1 aliphatic heterocycles. The molecule has 5 heteroatoms. The molecule has 0 saturated carbocycles. The molecule has 1 heterocycles. The van der Waals surface area contributed by atoms with E-state index in [0.717, 1.165) is 25.6 Å². The van der Waals surface area contributed by atoms with Gasteiger partial charge in [0.2, 0.25) is 0 Å². The number of guanidine groups is 1. The minimum absolute atomic E-state index is 0. The van der Waals surface area contributed by atoms with E-state index in [1.807, 2.05) is 7.05 Å². The molecular weight excluding hydrogens is 399 g/mol. The Kier molecular flexibility index (Phi) is 9.55. The Morgan fingerprint density at radius 2 is 1.70 bits per heavy atom. The van der Waals surface area contributed by atoms with Gasteiger partial charge in [0, 0.05) is 26.7 Å². The van der Waals surface area contributed by atoms with Crippen LogP contribution in [0.4, 0.5) is 0 Å². The van der Waals surface area contributed by atoms with E-state index in [-0.39, 0.29) is 24.0 Å². The topological polar surface area (TPSA) is 39.7 Å². The fourth-order valence-corrected chi connectivity index (χ4v) is 2.67. The van der Waals surface area contributed by atoms with Gasteiger partial charge in [0.15, 0.2) is 5.96 Å². The van der Waals surface area contributed by atoms with Crippen LogP contribution >= 0.6 is 24.0 Å². The predicted molar refractivity (Wildman–Crippen MR) is 109 cm³/mol. The third kappa shape index (κ3) is 7.52. The largest absolute Gasteiger partial charge is 0.356 e. The van der Waals surface area contributed by atoms with Crippen molar-refractivity contribution in [3.63, 3.8) is 0 Å². The lowest BCUT2D eigenvalue weighted by atomic mass is 10.1. The zero-order chi connectivity index (χ0) is 15.8. The first kappa shape index (κ1) is 20.2. The molecule has 1 aromatic rings. The summed E-state index contributed by atoms with van der Waals surface area (Å²) in [5.74, 6) is 1.48. The highest BCUT2D eigenvalue weighted by Crippen LogP contribution is 2.13. The Morgan fingerprint density at radius 1 is 1.09 bits per heavy atom. The van der Waals surface area contributed by atoms with Crippen LogP contribution in [0.25, 0.3) is 0 Å². The average molecular weight is 430 g/mol. The summed E-state index contributed by atoms with van der Waals surface area (Å²) in [6, 6.07) is 8.93. The van der Waals surface area contributed by atoms with Gasteiger partial charge in [-0.1, -0.05) is 38.1 Å². The van der Waals surface area contributed by atoms with Crippen molar-refractivity contribution < 1.29 is 0 Å². The molecule has 2 rings (SSSR count). The molecule has 0 amide bonds. The Balaban J connectivity index is 0.00000264. The summed E-state index contributed by atoms with van der Waals surface area (Å²) in [5, 5.41) is 6.69. The fraction of sp³-hybridized carbons (Fsp3) is 0.611. The molecule has 4 nitrogen and oxygen atoms in total. The van der Waals surface area contributed by atoms with Crippen molar-refractivity contribution in [3.05, 3.63) is 35.4 Å². The number of nitrogens with one attached hydrogen (secondary N) is 2. The molecule has 23 heavy (non-hydrogen) atoms. The van der Waals surface area contributed by atoms with Crippen molar-refractivity contribution in [2.45, 2.75) is 39.8 Å². The lowest BCUT2D eigenvalue weighted by Crippen LogP contribution is -2.38. The van der Waals surface area contributed by atoms with E-state index in [1.165, 1.54) is 37.1 Å². The van der Waals surface area contributed by atoms with E-state index in [1.54, 1.807) is 0 Å². The Labute approximate surface area is 158 Å². The quantitative estimate of drug-likeness (QED) is 0.414. The second kappa shape index (κ2) is 10.9. The summed E-state index contributed by atoms with van der Waals surface area (Å²) in [5.41, 5.74) is 2.70. The summed E-state index contributed by atoms with van der Waals surface area (Å²) < 4.78 is 0. The van der Waals surface area contributed by atoms with E-state index in [4.69, 9.17) is 0 Å². The highest BCUT2D eigenvalue weighted by molar-refractivity contribution is 14.0. The van der Waals surface area contributed by atoms with Gasteiger partial charge >= 0.3 is 0 Å². The number of hydrogen-bond acceptors (Lipinski definition) is 2. The first-order valence-electron chi connectivity index (χ1n) is 8.42. The van der Waals surface area contributed by atoms with Gasteiger partial charge in [-0.25, -0.2) is 0 Å². The van der Waals surface area contributed by atoms with Crippen LogP contribution in [0.2, 0.25) is 0 Å². The van der Waals surface area contributed by atoms with E-state index in [2.05, 4.69) is 58.6 Å². The molecule has 0 atom stereocenters. The highest BCUT2D eigenvalue weighted by atomic mass is 127. The molecule has 1 fully saturated rings. The van der Waals surface area contributed by atoms with Crippen LogP contribution in [-0.2, 0) is 13.1 Å². The summed E-state index contributed by atoms with van der Waals surface area (Å²) in [7, 11) is 1.81. The second-order valence-corrected chi connectivity index (χ2v) is 6.50. The molecule has 0 unspecified atom stereocenters. The van der Waals surface area contributed by atoms with Crippen LogP contribution in [0.15, 0.2) is 29.3 Å². The maximum atomic E-state index is 4.25. The lowest BCUT2D eigenvalue weighted by Gasteiger charge is -2.15. The van der Waals surface area contributed by atoms with Crippen LogP contribution in [0, 0.1) is 5.92 Å².